The van der Waals surface area contributed by atoms with Crippen LogP contribution < -0.4 is 10.5 Å². The average Bonchev–Trinajstić information content (AvgIpc) is 2.71. The highest BCUT2D eigenvalue weighted by Crippen LogP contribution is 2.24. The summed E-state index contributed by atoms with van der Waals surface area (Å²) in [5.41, 5.74) is 9.05. The molecule has 1 aliphatic rings. The van der Waals surface area contributed by atoms with Gasteiger partial charge in [-0.2, -0.15) is 0 Å². The van der Waals surface area contributed by atoms with Gasteiger partial charge in [0.25, 0.3) is 5.91 Å². The average molecular weight is 282 g/mol. The van der Waals surface area contributed by atoms with Crippen LogP contribution in [-0.2, 0) is 6.54 Å². The van der Waals surface area contributed by atoms with Crippen LogP contribution in [0.4, 0.5) is 5.69 Å². The Morgan fingerprint density at radius 3 is 2.90 bits per heavy atom. The molecule has 2 aromatic rings. The summed E-state index contributed by atoms with van der Waals surface area (Å²) in [6, 6.07) is 13.3. The lowest BCUT2D eigenvalue weighted by Crippen LogP contribution is -2.33. The molecule has 0 spiro atoms. The van der Waals surface area contributed by atoms with Crippen LogP contribution in [0, 0.1) is 6.92 Å². The number of nitrogen functional groups attached to an aromatic ring is 1. The summed E-state index contributed by atoms with van der Waals surface area (Å²) >= 11 is 0. The number of nitrogens with two attached hydrogens (primary N) is 1. The van der Waals surface area contributed by atoms with E-state index in [-0.39, 0.29) is 5.91 Å². The van der Waals surface area contributed by atoms with Crippen molar-refractivity contribution < 1.29 is 9.53 Å². The van der Waals surface area contributed by atoms with E-state index >= 15 is 0 Å². The molecule has 0 radical (unpaired) electrons. The highest BCUT2D eigenvalue weighted by Gasteiger charge is 2.22. The van der Waals surface area contributed by atoms with Crippen LogP contribution in [0.15, 0.2) is 42.5 Å². The maximum absolute atomic E-state index is 12.8. The van der Waals surface area contributed by atoms with Gasteiger partial charge in [-0.15, -0.1) is 0 Å². The second-order valence-corrected chi connectivity index (χ2v) is 5.26. The van der Waals surface area contributed by atoms with Gasteiger partial charge in [-0.3, -0.25) is 4.79 Å². The van der Waals surface area contributed by atoms with Gasteiger partial charge in [0.05, 0.1) is 6.54 Å². The molecule has 1 aliphatic heterocycles. The normalized spacial score (nSPS) is 14.0. The predicted octanol–water partition coefficient (Wildman–Crippen LogP) is 2.61. The number of para-hydroxylation sites is 1. The van der Waals surface area contributed by atoms with Crippen molar-refractivity contribution in [2.24, 2.45) is 0 Å². The number of fused-ring (bicyclic) bond motifs is 1. The van der Waals surface area contributed by atoms with E-state index in [1.54, 1.807) is 6.07 Å². The fourth-order valence-corrected chi connectivity index (χ4v) is 2.54. The lowest BCUT2D eigenvalue weighted by Gasteiger charge is -2.21. The maximum atomic E-state index is 12.8. The van der Waals surface area contributed by atoms with Crippen LogP contribution in [0.2, 0.25) is 0 Å². The molecule has 1 heterocycles. The zero-order valence-electron chi connectivity index (χ0n) is 12.0. The lowest BCUT2D eigenvalue weighted by atomic mass is 10.1. The largest absolute Gasteiger partial charge is 0.491 e. The molecule has 0 bridgehead atoms. The highest BCUT2D eigenvalue weighted by molar-refractivity contribution is 5.96. The molecule has 1 amide bonds. The third kappa shape index (κ3) is 2.70. The molecule has 0 aliphatic carbocycles. The van der Waals surface area contributed by atoms with Crippen molar-refractivity contribution in [2.75, 3.05) is 18.9 Å². The molecule has 3 rings (SSSR count). The summed E-state index contributed by atoms with van der Waals surface area (Å²) in [5.74, 6) is 0.859. The zero-order chi connectivity index (χ0) is 14.8. The minimum Gasteiger partial charge on any atom is -0.491 e. The van der Waals surface area contributed by atoms with Gasteiger partial charge in [0.2, 0.25) is 0 Å². The monoisotopic (exact) mass is 282 g/mol. The molecule has 108 valence electrons. The number of ether oxygens (including phenoxy) is 1. The van der Waals surface area contributed by atoms with Gasteiger partial charge in [0, 0.05) is 23.4 Å². The van der Waals surface area contributed by atoms with Crippen molar-refractivity contribution in [2.45, 2.75) is 13.5 Å². The molecule has 4 heteroatoms. The third-order valence-corrected chi connectivity index (χ3v) is 3.73. The van der Waals surface area contributed by atoms with E-state index in [1.165, 1.54) is 0 Å². The van der Waals surface area contributed by atoms with E-state index in [1.807, 2.05) is 48.2 Å². The van der Waals surface area contributed by atoms with Gasteiger partial charge in [0.1, 0.15) is 12.4 Å². The first kappa shape index (κ1) is 13.5. The number of carbonyl (C=O) groups is 1. The second-order valence-electron chi connectivity index (χ2n) is 5.26. The Hall–Kier alpha value is -2.49. The van der Waals surface area contributed by atoms with Crippen molar-refractivity contribution in [3.63, 3.8) is 0 Å². The topological polar surface area (TPSA) is 55.6 Å². The summed E-state index contributed by atoms with van der Waals surface area (Å²) in [7, 11) is 0. The standard InChI is InChI=1S/C17H18N2O2/c1-12-6-7-14(18)10-15(12)17(20)19-8-9-21-16-5-3-2-4-13(16)11-19/h2-7,10H,8-9,11,18H2,1H3. The van der Waals surface area contributed by atoms with E-state index in [4.69, 9.17) is 10.5 Å². The Bertz CT molecular complexity index is 682. The summed E-state index contributed by atoms with van der Waals surface area (Å²) < 4.78 is 5.70. The van der Waals surface area contributed by atoms with E-state index in [2.05, 4.69) is 0 Å². The van der Waals surface area contributed by atoms with Crippen molar-refractivity contribution >= 4 is 11.6 Å². The zero-order valence-corrected chi connectivity index (χ0v) is 12.0. The van der Waals surface area contributed by atoms with Gasteiger partial charge < -0.3 is 15.4 Å². The van der Waals surface area contributed by atoms with E-state index in [0.29, 0.717) is 30.9 Å². The van der Waals surface area contributed by atoms with Crippen molar-refractivity contribution in [1.82, 2.24) is 4.90 Å². The summed E-state index contributed by atoms with van der Waals surface area (Å²) in [5, 5.41) is 0. The Morgan fingerprint density at radius 2 is 2.05 bits per heavy atom. The number of benzene rings is 2. The van der Waals surface area contributed by atoms with Crippen LogP contribution in [0.3, 0.4) is 0 Å². The van der Waals surface area contributed by atoms with Crippen LogP contribution in [0.25, 0.3) is 0 Å². The van der Waals surface area contributed by atoms with E-state index in [0.717, 1.165) is 16.9 Å². The van der Waals surface area contributed by atoms with Gasteiger partial charge in [-0.1, -0.05) is 24.3 Å². The minimum atomic E-state index is 0.0000954. The number of rotatable bonds is 1. The quantitative estimate of drug-likeness (QED) is 0.818. The predicted molar refractivity (Wildman–Crippen MR) is 82.3 cm³/mol. The van der Waals surface area contributed by atoms with E-state index in [9.17, 15) is 4.79 Å². The fraction of sp³-hybridized carbons (Fsp3) is 0.235. The molecular formula is C17H18N2O2. The Morgan fingerprint density at radius 1 is 1.24 bits per heavy atom. The molecule has 21 heavy (non-hydrogen) atoms. The van der Waals surface area contributed by atoms with Crippen molar-refractivity contribution in [1.29, 1.82) is 0 Å². The molecule has 4 nitrogen and oxygen atoms in total. The second kappa shape index (κ2) is 5.48. The van der Waals surface area contributed by atoms with Gasteiger partial charge in [-0.05, 0) is 30.7 Å². The molecule has 0 aromatic heterocycles. The molecular weight excluding hydrogens is 264 g/mol. The van der Waals surface area contributed by atoms with Gasteiger partial charge in [-0.25, -0.2) is 0 Å². The smallest absolute Gasteiger partial charge is 0.254 e. The fourth-order valence-electron chi connectivity index (χ4n) is 2.54. The van der Waals surface area contributed by atoms with Gasteiger partial charge in [0.15, 0.2) is 0 Å². The summed E-state index contributed by atoms with van der Waals surface area (Å²) in [6.45, 7) is 3.56. The number of anilines is 1. The number of aryl methyl sites for hydroxylation is 1. The Kier molecular flexibility index (Phi) is 3.52. The van der Waals surface area contributed by atoms with Gasteiger partial charge >= 0.3 is 0 Å². The first-order valence-electron chi connectivity index (χ1n) is 7.01. The minimum absolute atomic E-state index is 0.0000954. The number of hydrogen-bond acceptors (Lipinski definition) is 3. The molecule has 0 atom stereocenters. The molecule has 0 saturated heterocycles. The third-order valence-electron chi connectivity index (χ3n) is 3.73. The molecule has 0 unspecified atom stereocenters. The molecule has 2 aromatic carbocycles. The number of nitrogens with zero attached hydrogens (tertiary/aromatic N) is 1. The number of carbonyl (C=O) groups excluding carboxylic acids is 1. The molecule has 0 saturated carbocycles. The summed E-state index contributed by atoms with van der Waals surface area (Å²) in [4.78, 5) is 14.6. The van der Waals surface area contributed by atoms with E-state index < -0.39 is 0 Å². The highest BCUT2D eigenvalue weighted by atomic mass is 16.5. The Balaban J connectivity index is 1.90. The Labute approximate surface area is 124 Å². The lowest BCUT2D eigenvalue weighted by molar-refractivity contribution is 0.0732. The number of hydrogen-bond donors (Lipinski definition) is 1. The van der Waals surface area contributed by atoms with Crippen LogP contribution in [0.5, 0.6) is 5.75 Å². The van der Waals surface area contributed by atoms with Crippen LogP contribution in [-0.4, -0.2) is 24.0 Å². The summed E-state index contributed by atoms with van der Waals surface area (Å²) in [6.07, 6.45) is 0. The molecule has 0 fully saturated rings. The maximum Gasteiger partial charge on any atom is 0.254 e. The SMILES string of the molecule is Cc1ccc(N)cc1C(=O)N1CCOc2ccccc2C1. The molecule has 2 N–H and O–H groups in total. The van der Waals surface area contributed by atoms with Crippen molar-refractivity contribution in [3.8, 4) is 5.75 Å². The van der Waals surface area contributed by atoms with Crippen LogP contribution in [0.1, 0.15) is 21.5 Å². The first-order chi connectivity index (χ1) is 10.1. The first-order valence-corrected chi connectivity index (χ1v) is 7.01. The number of amides is 1. The van der Waals surface area contributed by atoms with Crippen LogP contribution >= 0.6 is 0 Å². The van der Waals surface area contributed by atoms with Crippen molar-refractivity contribution in [3.05, 3.63) is 59.2 Å².